The number of carbonyl (C=O) groups is 2. The summed E-state index contributed by atoms with van der Waals surface area (Å²) in [6.45, 7) is 8.67. The lowest BCUT2D eigenvalue weighted by Gasteiger charge is -2.04. The van der Waals surface area contributed by atoms with Gasteiger partial charge in [0.1, 0.15) is 0 Å². The number of nitrogens with one attached hydrogen (secondary N) is 4. The first-order valence-electron chi connectivity index (χ1n) is 8.30. The fourth-order valence-corrected chi connectivity index (χ4v) is 1.67. The van der Waals surface area contributed by atoms with Gasteiger partial charge in [-0.25, -0.2) is 0 Å². The van der Waals surface area contributed by atoms with E-state index < -0.39 is 0 Å². The minimum atomic E-state index is 0.111. The van der Waals surface area contributed by atoms with Crippen LogP contribution in [0.15, 0.2) is 12.2 Å². The number of rotatable bonds is 14. The van der Waals surface area contributed by atoms with E-state index >= 15 is 0 Å². The van der Waals surface area contributed by atoms with Crippen molar-refractivity contribution in [2.45, 2.75) is 39.5 Å². The van der Waals surface area contributed by atoms with E-state index in [-0.39, 0.29) is 11.8 Å². The van der Waals surface area contributed by atoms with Crippen molar-refractivity contribution >= 4 is 11.8 Å². The van der Waals surface area contributed by atoms with Crippen LogP contribution in [0.25, 0.3) is 0 Å². The number of carbonyl (C=O) groups excluding carboxylic acids is 2. The Labute approximate surface area is 134 Å². The molecule has 0 rings (SSSR count). The molecule has 0 spiro atoms. The summed E-state index contributed by atoms with van der Waals surface area (Å²) in [6, 6.07) is 0. The van der Waals surface area contributed by atoms with Crippen LogP contribution in [0.2, 0.25) is 0 Å². The molecule has 0 radical (unpaired) electrons. The maximum Gasteiger partial charge on any atom is 0.219 e. The molecule has 4 N–H and O–H groups in total. The molecule has 0 aliphatic carbocycles. The van der Waals surface area contributed by atoms with Crippen LogP contribution in [0.3, 0.4) is 0 Å². The van der Waals surface area contributed by atoms with E-state index in [1.54, 1.807) is 0 Å². The minimum Gasteiger partial charge on any atom is -0.356 e. The molecular weight excluding hydrogens is 280 g/mol. The molecule has 128 valence electrons. The molecule has 6 heteroatoms. The molecule has 0 atom stereocenters. The van der Waals surface area contributed by atoms with Gasteiger partial charge in [-0.1, -0.05) is 26.0 Å². The average Bonchev–Trinajstić information content (AvgIpc) is 2.54. The van der Waals surface area contributed by atoms with Crippen LogP contribution in [-0.4, -0.2) is 51.1 Å². The summed E-state index contributed by atoms with van der Waals surface area (Å²) >= 11 is 0. The Bertz CT molecular complexity index is 289. The molecule has 0 bridgehead atoms. The Morgan fingerprint density at radius 1 is 0.727 bits per heavy atom. The lowest BCUT2D eigenvalue weighted by atomic mass is 10.3. The van der Waals surface area contributed by atoms with Crippen LogP contribution in [0.4, 0.5) is 0 Å². The molecule has 0 aromatic heterocycles. The predicted molar refractivity (Wildman–Crippen MR) is 90.7 cm³/mol. The average molecular weight is 312 g/mol. The van der Waals surface area contributed by atoms with E-state index in [1.165, 1.54) is 0 Å². The smallest absolute Gasteiger partial charge is 0.219 e. The van der Waals surface area contributed by atoms with Gasteiger partial charge in [0.25, 0.3) is 0 Å². The Hall–Kier alpha value is -1.40. The van der Waals surface area contributed by atoms with E-state index in [0.717, 1.165) is 52.1 Å². The first kappa shape index (κ1) is 20.6. The van der Waals surface area contributed by atoms with Crippen molar-refractivity contribution in [3.05, 3.63) is 12.2 Å². The summed E-state index contributed by atoms with van der Waals surface area (Å²) in [5.74, 6) is 0.223. The first-order valence-corrected chi connectivity index (χ1v) is 8.30. The Balaban J connectivity index is 3.18. The highest BCUT2D eigenvalue weighted by Gasteiger charge is 1.94. The zero-order chi connectivity index (χ0) is 16.5. The van der Waals surface area contributed by atoms with Crippen molar-refractivity contribution in [2.24, 2.45) is 0 Å². The maximum atomic E-state index is 11.0. The second-order valence-electron chi connectivity index (χ2n) is 4.99. The SMILES string of the molecule is CCC(=O)NCCCNCC=CCNCCCNC(=O)CC. The third-order valence-corrected chi connectivity index (χ3v) is 3.04. The van der Waals surface area contributed by atoms with E-state index in [1.807, 2.05) is 13.8 Å². The first-order chi connectivity index (χ1) is 10.7. The molecule has 0 aliphatic heterocycles. The molecule has 22 heavy (non-hydrogen) atoms. The third-order valence-electron chi connectivity index (χ3n) is 3.04. The lowest BCUT2D eigenvalue weighted by molar-refractivity contribution is -0.121. The summed E-state index contributed by atoms with van der Waals surface area (Å²) in [5, 5.41) is 12.3. The van der Waals surface area contributed by atoms with Crippen molar-refractivity contribution in [1.29, 1.82) is 0 Å². The third kappa shape index (κ3) is 15.0. The summed E-state index contributed by atoms with van der Waals surface area (Å²) in [7, 11) is 0. The number of hydrogen-bond acceptors (Lipinski definition) is 4. The second kappa shape index (κ2) is 16.0. The zero-order valence-electron chi connectivity index (χ0n) is 14.0. The number of hydrogen-bond donors (Lipinski definition) is 4. The summed E-state index contributed by atoms with van der Waals surface area (Å²) < 4.78 is 0. The largest absolute Gasteiger partial charge is 0.356 e. The molecule has 6 nitrogen and oxygen atoms in total. The van der Waals surface area contributed by atoms with Crippen molar-refractivity contribution in [2.75, 3.05) is 39.3 Å². The summed E-state index contributed by atoms with van der Waals surface area (Å²) in [4.78, 5) is 22.0. The van der Waals surface area contributed by atoms with E-state index in [4.69, 9.17) is 0 Å². The van der Waals surface area contributed by atoms with Crippen LogP contribution < -0.4 is 21.3 Å². The van der Waals surface area contributed by atoms with Gasteiger partial charge in [0.15, 0.2) is 0 Å². The topological polar surface area (TPSA) is 82.3 Å². The van der Waals surface area contributed by atoms with Crippen molar-refractivity contribution in [1.82, 2.24) is 21.3 Å². The van der Waals surface area contributed by atoms with Gasteiger partial charge in [-0.05, 0) is 25.9 Å². The summed E-state index contributed by atoms with van der Waals surface area (Å²) in [6.07, 6.45) is 7.18. The monoisotopic (exact) mass is 312 g/mol. The van der Waals surface area contributed by atoms with Crippen molar-refractivity contribution in [3.8, 4) is 0 Å². The van der Waals surface area contributed by atoms with Gasteiger partial charge in [-0.2, -0.15) is 0 Å². The molecule has 0 fully saturated rings. The Morgan fingerprint density at radius 3 is 1.50 bits per heavy atom. The van der Waals surface area contributed by atoms with Gasteiger partial charge >= 0.3 is 0 Å². The van der Waals surface area contributed by atoms with Gasteiger partial charge < -0.3 is 21.3 Å². The molecule has 0 aromatic carbocycles. The minimum absolute atomic E-state index is 0.111. The van der Waals surface area contributed by atoms with Crippen LogP contribution >= 0.6 is 0 Å². The lowest BCUT2D eigenvalue weighted by Crippen LogP contribution is -2.27. The Morgan fingerprint density at radius 2 is 1.14 bits per heavy atom. The van der Waals surface area contributed by atoms with Gasteiger partial charge in [-0.15, -0.1) is 0 Å². The van der Waals surface area contributed by atoms with Crippen LogP contribution in [0.5, 0.6) is 0 Å². The van der Waals surface area contributed by atoms with Gasteiger partial charge in [0.05, 0.1) is 0 Å². The molecule has 0 saturated carbocycles. The fraction of sp³-hybridized carbons (Fsp3) is 0.750. The van der Waals surface area contributed by atoms with Crippen LogP contribution in [0.1, 0.15) is 39.5 Å². The quantitative estimate of drug-likeness (QED) is 0.279. The molecule has 2 amide bonds. The fourth-order valence-electron chi connectivity index (χ4n) is 1.67. The second-order valence-corrected chi connectivity index (χ2v) is 4.99. The van der Waals surface area contributed by atoms with Crippen molar-refractivity contribution in [3.63, 3.8) is 0 Å². The molecule has 0 heterocycles. The molecule has 0 aromatic rings. The van der Waals surface area contributed by atoms with Crippen LogP contribution in [0, 0.1) is 0 Å². The highest BCUT2D eigenvalue weighted by Crippen LogP contribution is 1.80. The normalized spacial score (nSPS) is 10.8. The number of amides is 2. The highest BCUT2D eigenvalue weighted by molar-refractivity contribution is 5.75. The standard InChI is InChI=1S/C16H32N4O2/c1-3-15(21)19-13-7-11-17-9-5-6-10-18-12-8-14-20-16(22)4-2/h5-6,17-18H,3-4,7-14H2,1-2H3,(H,19,21)(H,20,22). The maximum absolute atomic E-state index is 11.0. The predicted octanol–water partition coefficient (Wildman–Crippen LogP) is 0.554. The summed E-state index contributed by atoms with van der Waals surface area (Å²) in [5.41, 5.74) is 0. The molecular formula is C16H32N4O2. The van der Waals surface area contributed by atoms with Crippen LogP contribution in [-0.2, 0) is 9.59 Å². The molecule has 0 unspecified atom stereocenters. The molecule has 0 aliphatic rings. The zero-order valence-corrected chi connectivity index (χ0v) is 14.0. The van der Waals surface area contributed by atoms with E-state index in [0.29, 0.717) is 12.8 Å². The molecule has 0 saturated heterocycles. The van der Waals surface area contributed by atoms with Crippen molar-refractivity contribution < 1.29 is 9.59 Å². The van der Waals surface area contributed by atoms with Gasteiger partial charge in [-0.3, -0.25) is 9.59 Å². The van der Waals surface area contributed by atoms with E-state index in [9.17, 15) is 9.59 Å². The van der Waals surface area contributed by atoms with E-state index in [2.05, 4.69) is 33.4 Å². The van der Waals surface area contributed by atoms with Gasteiger partial charge in [0, 0.05) is 39.0 Å². The Kier molecular flexibility index (Phi) is 15.0. The highest BCUT2D eigenvalue weighted by atomic mass is 16.2. The van der Waals surface area contributed by atoms with Gasteiger partial charge in [0.2, 0.25) is 11.8 Å².